The minimum absolute atomic E-state index is 0.0390. The largest absolute Gasteiger partial charge is 0.505 e. The lowest BCUT2D eigenvalue weighted by Gasteiger charge is -2.22. The molecule has 0 bridgehead atoms. The lowest BCUT2D eigenvalue weighted by molar-refractivity contribution is -0.137. The topological polar surface area (TPSA) is 70.9 Å². The van der Waals surface area contributed by atoms with Crippen LogP contribution in [0.5, 0.6) is 5.75 Å². The van der Waals surface area contributed by atoms with Gasteiger partial charge in [-0.2, -0.15) is 13.2 Å². The number of halogens is 3. The Morgan fingerprint density at radius 1 is 0.969 bits per heavy atom. The number of pyridine rings is 1. The number of rotatable bonds is 5. The number of aromatic hydroxyl groups is 1. The molecule has 2 heterocycles. The van der Waals surface area contributed by atoms with E-state index in [-0.39, 0.29) is 5.75 Å². The van der Waals surface area contributed by atoms with Crippen LogP contribution in [-0.4, -0.2) is 20.1 Å². The monoisotopic (exact) mass is 438 g/mol. The molecular weight excluding hydrogens is 417 g/mol. The second kappa shape index (κ2) is 8.45. The predicted octanol–water partition coefficient (Wildman–Crippen LogP) is 5.82. The quantitative estimate of drug-likeness (QED) is 0.411. The van der Waals surface area contributed by atoms with Crippen LogP contribution in [-0.2, 0) is 12.6 Å². The summed E-state index contributed by atoms with van der Waals surface area (Å²) in [5, 5.41) is 15.0. The predicted molar refractivity (Wildman–Crippen MR) is 116 cm³/mol. The standard InChI is InChI=1S/C24H21F3N4O/c1-3-18-10-6-16-7-11-19(22(32)21(16)30-18)20(31-23-28-13-12-14(2)29-23)15-4-8-17(9-5-15)24(25,26)27/h4-13,20,32H,3H2,1-2H3,(H,28,29,31)/t20-/m1/s1. The zero-order valence-electron chi connectivity index (χ0n) is 17.5. The van der Waals surface area contributed by atoms with Crippen molar-refractivity contribution in [3.05, 3.63) is 88.9 Å². The number of hydrogen-bond donors (Lipinski definition) is 2. The first kappa shape index (κ1) is 21.5. The second-order valence-corrected chi connectivity index (χ2v) is 7.45. The molecule has 0 unspecified atom stereocenters. The van der Waals surface area contributed by atoms with E-state index < -0.39 is 17.8 Å². The van der Waals surface area contributed by atoms with Crippen molar-refractivity contribution in [1.29, 1.82) is 0 Å². The van der Waals surface area contributed by atoms with Gasteiger partial charge < -0.3 is 10.4 Å². The molecule has 2 aromatic heterocycles. The van der Waals surface area contributed by atoms with E-state index in [9.17, 15) is 18.3 Å². The van der Waals surface area contributed by atoms with Crippen molar-refractivity contribution in [2.24, 2.45) is 0 Å². The maximum Gasteiger partial charge on any atom is 0.416 e. The number of fused-ring (bicyclic) bond motifs is 1. The molecule has 1 atom stereocenters. The van der Waals surface area contributed by atoms with Gasteiger partial charge in [0.15, 0.2) is 0 Å². The molecule has 0 radical (unpaired) electrons. The Labute approximate surface area is 183 Å². The van der Waals surface area contributed by atoms with Gasteiger partial charge in [-0.1, -0.05) is 37.3 Å². The Balaban J connectivity index is 1.84. The third kappa shape index (κ3) is 4.34. The van der Waals surface area contributed by atoms with Crippen molar-refractivity contribution in [3.8, 4) is 5.75 Å². The van der Waals surface area contributed by atoms with E-state index in [2.05, 4.69) is 20.3 Å². The minimum atomic E-state index is -4.44. The molecule has 0 amide bonds. The van der Waals surface area contributed by atoms with E-state index in [4.69, 9.17) is 0 Å². The Kier molecular flexibility index (Phi) is 5.69. The van der Waals surface area contributed by atoms with Crippen molar-refractivity contribution in [2.75, 3.05) is 5.32 Å². The number of alkyl halides is 3. The van der Waals surface area contributed by atoms with Crippen molar-refractivity contribution < 1.29 is 18.3 Å². The molecule has 2 aromatic carbocycles. The van der Waals surface area contributed by atoms with E-state index >= 15 is 0 Å². The number of anilines is 1. The van der Waals surface area contributed by atoms with Gasteiger partial charge in [0.05, 0.1) is 11.6 Å². The first-order valence-electron chi connectivity index (χ1n) is 10.1. The lowest BCUT2D eigenvalue weighted by Crippen LogP contribution is -2.15. The van der Waals surface area contributed by atoms with Crippen LogP contribution >= 0.6 is 0 Å². The zero-order valence-corrected chi connectivity index (χ0v) is 17.5. The summed E-state index contributed by atoms with van der Waals surface area (Å²) >= 11 is 0. The summed E-state index contributed by atoms with van der Waals surface area (Å²) in [7, 11) is 0. The third-order valence-corrected chi connectivity index (χ3v) is 5.24. The van der Waals surface area contributed by atoms with Crippen LogP contribution in [0.25, 0.3) is 10.9 Å². The molecule has 8 heteroatoms. The van der Waals surface area contributed by atoms with Crippen LogP contribution in [0.3, 0.4) is 0 Å². The summed E-state index contributed by atoms with van der Waals surface area (Å²) in [6.07, 6.45) is -2.15. The van der Waals surface area contributed by atoms with Crippen LogP contribution < -0.4 is 5.32 Å². The molecule has 0 aliphatic rings. The number of nitrogens with zero attached hydrogens (tertiary/aromatic N) is 3. The van der Waals surface area contributed by atoms with Gasteiger partial charge in [0.2, 0.25) is 5.95 Å². The van der Waals surface area contributed by atoms with Crippen LogP contribution in [0.4, 0.5) is 19.1 Å². The summed E-state index contributed by atoms with van der Waals surface area (Å²) in [5.74, 6) is 0.257. The molecule has 0 saturated heterocycles. The van der Waals surface area contributed by atoms with E-state index in [0.717, 1.165) is 28.9 Å². The average Bonchev–Trinajstić information content (AvgIpc) is 2.77. The van der Waals surface area contributed by atoms with Gasteiger partial charge in [0.25, 0.3) is 0 Å². The molecular formula is C24H21F3N4O. The summed E-state index contributed by atoms with van der Waals surface area (Å²) in [5.41, 5.74) is 2.22. The molecule has 0 aliphatic carbocycles. The molecule has 164 valence electrons. The lowest BCUT2D eigenvalue weighted by atomic mass is 9.95. The van der Waals surface area contributed by atoms with Crippen LogP contribution in [0.1, 0.15) is 41.0 Å². The zero-order chi connectivity index (χ0) is 22.9. The highest BCUT2D eigenvalue weighted by molar-refractivity contribution is 5.86. The van der Waals surface area contributed by atoms with E-state index in [1.807, 2.05) is 32.0 Å². The van der Waals surface area contributed by atoms with Gasteiger partial charge in [-0.3, -0.25) is 0 Å². The van der Waals surface area contributed by atoms with Gasteiger partial charge in [-0.25, -0.2) is 15.0 Å². The number of aromatic nitrogens is 3. The van der Waals surface area contributed by atoms with E-state index in [1.54, 1.807) is 18.3 Å². The number of nitrogens with one attached hydrogen (secondary N) is 1. The fraction of sp³-hybridized carbons (Fsp3) is 0.208. The van der Waals surface area contributed by atoms with Gasteiger partial charge in [0.1, 0.15) is 11.3 Å². The van der Waals surface area contributed by atoms with Crippen LogP contribution in [0.2, 0.25) is 0 Å². The fourth-order valence-electron chi connectivity index (χ4n) is 3.51. The highest BCUT2D eigenvalue weighted by Gasteiger charge is 2.30. The van der Waals surface area contributed by atoms with Crippen molar-refractivity contribution in [1.82, 2.24) is 15.0 Å². The molecule has 4 aromatic rings. The number of phenolic OH excluding ortho intramolecular Hbond substituents is 1. The number of phenols is 1. The molecule has 4 rings (SSSR count). The first-order chi connectivity index (χ1) is 15.3. The normalized spacial score (nSPS) is 12.7. The maximum atomic E-state index is 13.1. The molecule has 0 fully saturated rings. The molecule has 0 spiro atoms. The van der Waals surface area contributed by atoms with Gasteiger partial charge in [0, 0.05) is 28.5 Å². The Morgan fingerprint density at radius 3 is 2.34 bits per heavy atom. The maximum absolute atomic E-state index is 13.1. The highest BCUT2D eigenvalue weighted by Crippen LogP contribution is 2.37. The first-order valence-corrected chi connectivity index (χ1v) is 10.1. The molecule has 0 aliphatic heterocycles. The minimum Gasteiger partial charge on any atom is -0.505 e. The van der Waals surface area contributed by atoms with Crippen molar-refractivity contribution in [2.45, 2.75) is 32.5 Å². The van der Waals surface area contributed by atoms with Crippen LogP contribution in [0.15, 0.2) is 60.8 Å². The average molecular weight is 438 g/mol. The Bertz CT molecular complexity index is 1260. The van der Waals surface area contributed by atoms with Gasteiger partial charge in [-0.15, -0.1) is 0 Å². The molecule has 5 nitrogen and oxygen atoms in total. The number of benzene rings is 2. The van der Waals surface area contributed by atoms with Gasteiger partial charge >= 0.3 is 6.18 Å². The van der Waals surface area contributed by atoms with Crippen molar-refractivity contribution >= 4 is 16.9 Å². The summed E-state index contributed by atoms with van der Waals surface area (Å²) in [4.78, 5) is 13.1. The molecule has 0 saturated carbocycles. The molecule has 32 heavy (non-hydrogen) atoms. The fourth-order valence-corrected chi connectivity index (χ4v) is 3.51. The highest BCUT2D eigenvalue weighted by atomic mass is 19.4. The second-order valence-electron chi connectivity index (χ2n) is 7.45. The number of aryl methyl sites for hydroxylation is 2. The molecule has 2 N–H and O–H groups in total. The van der Waals surface area contributed by atoms with Crippen LogP contribution in [0, 0.1) is 6.92 Å². The van der Waals surface area contributed by atoms with E-state index in [1.165, 1.54) is 12.1 Å². The summed E-state index contributed by atoms with van der Waals surface area (Å²) in [6, 6.07) is 13.2. The SMILES string of the molecule is CCc1ccc2ccc([C@H](Nc3nccc(C)n3)c3ccc(C(F)(F)F)cc3)c(O)c2n1. The smallest absolute Gasteiger partial charge is 0.416 e. The number of hydrogen-bond acceptors (Lipinski definition) is 5. The third-order valence-electron chi connectivity index (χ3n) is 5.24. The summed E-state index contributed by atoms with van der Waals surface area (Å²) < 4.78 is 39.2. The Hall–Kier alpha value is -3.68. The van der Waals surface area contributed by atoms with E-state index in [0.29, 0.717) is 29.0 Å². The Morgan fingerprint density at radius 2 is 1.69 bits per heavy atom. The van der Waals surface area contributed by atoms with Crippen molar-refractivity contribution in [3.63, 3.8) is 0 Å². The van der Waals surface area contributed by atoms with Gasteiger partial charge in [-0.05, 0) is 43.2 Å². The summed E-state index contributed by atoms with van der Waals surface area (Å²) in [6.45, 7) is 3.78.